The first kappa shape index (κ1) is 25.0. The van der Waals surface area contributed by atoms with Crippen molar-refractivity contribution in [3.63, 3.8) is 0 Å². The van der Waals surface area contributed by atoms with E-state index in [4.69, 9.17) is 9.47 Å². The second-order valence-electron chi connectivity index (χ2n) is 10.0. The molecule has 3 aromatic carbocycles. The van der Waals surface area contributed by atoms with Gasteiger partial charge in [-0.25, -0.2) is 4.79 Å². The standard InChI is InChI=1S/C31H31N3O5/c1-33-30(35)27-24-13-7-12-22-23(14-8-18-39-26-15-6-10-20-9-2-3-11-21(20)26)29(31(36)37)34(28(22)24)16-4-5-17-38-19-25(27)32-33/h2-3,6-7,9-13,15,32H,4-5,8,14,16-19H2,1H3,(H,36,37). The third-order valence-corrected chi connectivity index (χ3v) is 7.53. The van der Waals surface area contributed by atoms with Gasteiger partial charge in [0.25, 0.3) is 5.56 Å². The number of H-pyrrole nitrogens is 1. The molecule has 0 fully saturated rings. The average Bonchev–Trinajstić information content (AvgIpc) is 3.40. The molecule has 6 rings (SSSR count). The predicted octanol–water partition coefficient (Wildman–Crippen LogP) is 5.51. The summed E-state index contributed by atoms with van der Waals surface area (Å²) < 4.78 is 15.3. The SMILES string of the molecule is Cn1[nH]c2c(c1=O)-c1cccc3c(CCCOc4cccc5ccccc45)c(C(=O)O)n(c13)CCCCOC2. The summed E-state index contributed by atoms with van der Waals surface area (Å²) in [6.45, 7) is 1.83. The number of para-hydroxylation sites is 1. The van der Waals surface area contributed by atoms with Gasteiger partial charge < -0.3 is 19.1 Å². The van der Waals surface area contributed by atoms with E-state index in [1.807, 2.05) is 53.1 Å². The number of aromatic amines is 1. The van der Waals surface area contributed by atoms with Crippen molar-refractivity contribution in [1.29, 1.82) is 0 Å². The van der Waals surface area contributed by atoms with Crippen LogP contribution in [0.2, 0.25) is 0 Å². The number of nitrogens with zero attached hydrogens (tertiary/aromatic N) is 2. The smallest absolute Gasteiger partial charge is 0.352 e. The molecule has 0 saturated heterocycles. The van der Waals surface area contributed by atoms with Gasteiger partial charge in [0, 0.05) is 36.5 Å². The van der Waals surface area contributed by atoms with Gasteiger partial charge in [0.2, 0.25) is 0 Å². The number of hydrogen-bond acceptors (Lipinski definition) is 4. The molecule has 2 N–H and O–H groups in total. The molecule has 5 aromatic rings. The van der Waals surface area contributed by atoms with Crippen molar-refractivity contribution in [3.05, 3.63) is 88.0 Å². The van der Waals surface area contributed by atoms with E-state index in [-0.39, 0.29) is 11.3 Å². The highest BCUT2D eigenvalue weighted by molar-refractivity contribution is 6.04. The number of carboxylic acid groups (broad SMARTS) is 1. The minimum atomic E-state index is -0.963. The van der Waals surface area contributed by atoms with E-state index in [2.05, 4.69) is 17.2 Å². The number of fused-ring (bicyclic) bond motifs is 3. The van der Waals surface area contributed by atoms with Crippen molar-refractivity contribution < 1.29 is 19.4 Å². The van der Waals surface area contributed by atoms with E-state index in [9.17, 15) is 14.7 Å². The van der Waals surface area contributed by atoms with Crippen molar-refractivity contribution in [2.75, 3.05) is 13.2 Å². The third-order valence-electron chi connectivity index (χ3n) is 7.53. The van der Waals surface area contributed by atoms with Crippen molar-refractivity contribution in [1.82, 2.24) is 14.3 Å². The summed E-state index contributed by atoms with van der Waals surface area (Å²) in [4.78, 5) is 25.9. The fraction of sp³-hybridized carbons (Fsp3) is 0.290. The Morgan fingerprint density at radius 1 is 1.05 bits per heavy atom. The Morgan fingerprint density at radius 2 is 1.85 bits per heavy atom. The number of ether oxygens (including phenoxy) is 2. The monoisotopic (exact) mass is 525 g/mol. The fourth-order valence-corrected chi connectivity index (χ4v) is 5.79. The Bertz CT molecular complexity index is 1740. The molecule has 8 heteroatoms. The summed E-state index contributed by atoms with van der Waals surface area (Å²) in [5, 5.41) is 16.6. The van der Waals surface area contributed by atoms with Gasteiger partial charge in [0.05, 0.1) is 30.0 Å². The van der Waals surface area contributed by atoms with Crippen LogP contribution in [0.15, 0.2) is 65.5 Å². The first-order chi connectivity index (χ1) is 19.0. The summed E-state index contributed by atoms with van der Waals surface area (Å²) in [5.74, 6) is -0.140. The highest BCUT2D eigenvalue weighted by Gasteiger charge is 2.27. The average molecular weight is 526 g/mol. The maximum absolute atomic E-state index is 13.2. The molecule has 2 aromatic heterocycles. The van der Waals surface area contributed by atoms with E-state index in [0.29, 0.717) is 50.5 Å². The largest absolute Gasteiger partial charge is 0.493 e. The second-order valence-corrected chi connectivity index (χ2v) is 10.0. The lowest BCUT2D eigenvalue weighted by molar-refractivity contribution is 0.0683. The van der Waals surface area contributed by atoms with Crippen LogP contribution in [0.4, 0.5) is 0 Å². The van der Waals surface area contributed by atoms with Crippen LogP contribution in [-0.4, -0.2) is 38.6 Å². The summed E-state index contributed by atoms with van der Waals surface area (Å²) in [7, 11) is 1.68. The molecule has 0 saturated carbocycles. The number of rotatable bonds is 6. The number of carboxylic acids is 1. The van der Waals surface area contributed by atoms with Gasteiger partial charge >= 0.3 is 5.97 Å². The number of hydrogen-bond donors (Lipinski definition) is 2. The number of aryl methyl sites for hydroxylation is 3. The minimum absolute atomic E-state index is 0.157. The Hall–Kier alpha value is -4.30. The second kappa shape index (κ2) is 10.5. The summed E-state index contributed by atoms with van der Waals surface area (Å²) >= 11 is 0. The van der Waals surface area contributed by atoms with Crippen LogP contribution in [0.1, 0.15) is 41.0 Å². The van der Waals surface area contributed by atoms with E-state index in [1.165, 1.54) is 4.68 Å². The van der Waals surface area contributed by atoms with Crippen LogP contribution >= 0.6 is 0 Å². The predicted molar refractivity (Wildman–Crippen MR) is 151 cm³/mol. The maximum Gasteiger partial charge on any atom is 0.352 e. The molecule has 3 heterocycles. The number of nitrogens with one attached hydrogen (secondary N) is 1. The highest BCUT2D eigenvalue weighted by atomic mass is 16.5. The Morgan fingerprint density at radius 3 is 2.72 bits per heavy atom. The Kier molecular flexibility index (Phi) is 6.70. The van der Waals surface area contributed by atoms with Gasteiger partial charge in [-0.05, 0) is 42.7 Å². The van der Waals surface area contributed by atoms with Gasteiger partial charge in [-0.3, -0.25) is 14.6 Å². The summed E-state index contributed by atoms with van der Waals surface area (Å²) in [5.41, 5.74) is 3.67. The van der Waals surface area contributed by atoms with E-state index >= 15 is 0 Å². The normalized spacial score (nSPS) is 13.8. The molecule has 0 unspecified atom stereocenters. The number of aromatic carboxylic acids is 1. The molecule has 0 amide bonds. The van der Waals surface area contributed by atoms with Crippen LogP contribution < -0.4 is 10.3 Å². The summed E-state index contributed by atoms with van der Waals surface area (Å²) in [6.07, 6.45) is 2.76. The third kappa shape index (κ3) is 4.51. The number of benzene rings is 3. The van der Waals surface area contributed by atoms with Crippen molar-refractivity contribution >= 4 is 27.6 Å². The lowest BCUT2D eigenvalue weighted by atomic mass is 10.00. The van der Waals surface area contributed by atoms with Gasteiger partial charge in [-0.2, -0.15) is 0 Å². The van der Waals surface area contributed by atoms with Crippen LogP contribution in [0.5, 0.6) is 5.75 Å². The Balaban J connectivity index is 1.40. The molecule has 200 valence electrons. The van der Waals surface area contributed by atoms with Crippen LogP contribution in [0.25, 0.3) is 32.8 Å². The molecule has 0 atom stereocenters. The first-order valence-electron chi connectivity index (χ1n) is 13.4. The van der Waals surface area contributed by atoms with Crippen molar-refractivity contribution in [2.24, 2.45) is 7.05 Å². The first-order valence-corrected chi connectivity index (χ1v) is 13.4. The van der Waals surface area contributed by atoms with Gasteiger partial charge in [0.15, 0.2) is 0 Å². The zero-order valence-corrected chi connectivity index (χ0v) is 21.9. The minimum Gasteiger partial charge on any atom is -0.493 e. The van der Waals surface area contributed by atoms with Gasteiger partial charge in [-0.15, -0.1) is 0 Å². The highest BCUT2D eigenvalue weighted by Crippen LogP contribution is 2.36. The topological polar surface area (TPSA) is 98.5 Å². The lowest BCUT2D eigenvalue weighted by Crippen LogP contribution is -2.14. The van der Waals surface area contributed by atoms with E-state index in [0.717, 1.165) is 51.4 Å². The molecular formula is C31H31N3O5. The molecular weight excluding hydrogens is 494 g/mol. The van der Waals surface area contributed by atoms with Crippen LogP contribution in [-0.2, 0) is 31.4 Å². The van der Waals surface area contributed by atoms with Gasteiger partial charge in [0.1, 0.15) is 11.4 Å². The molecule has 0 radical (unpaired) electrons. The molecule has 8 nitrogen and oxygen atoms in total. The molecule has 1 aliphatic rings. The van der Waals surface area contributed by atoms with E-state index in [1.54, 1.807) is 7.05 Å². The van der Waals surface area contributed by atoms with Gasteiger partial charge in [-0.1, -0.05) is 54.6 Å². The van der Waals surface area contributed by atoms with E-state index < -0.39 is 5.97 Å². The lowest BCUT2D eigenvalue weighted by Gasteiger charge is -2.11. The maximum atomic E-state index is 13.2. The molecule has 1 aliphatic heterocycles. The van der Waals surface area contributed by atoms with Crippen molar-refractivity contribution in [2.45, 2.75) is 38.8 Å². The summed E-state index contributed by atoms with van der Waals surface area (Å²) in [6, 6.07) is 19.9. The fourth-order valence-electron chi connectivity index (χ4n) is 5.79. The number of aromatic nitrogens is 3. The molecule has 39 heavy (non-hydrogen) atoms. The Labute approximate surface area is 225 Å². The quantitative estimate of drug-likeness (QED) is 0.285. The van der Waals surface area contributed by atoms with Crippen LogP contribution in [0, 0.1) is 0 Å². The zero-order valence-electron chi connectivity index (χ0n) is 21.9. The zero-order chi connectivity index (χ0) is 26.9. The van der Waals surface area contributed by atoms with Crippen LogP contribution in [0.3, 0.4) is 0 Å². The molecule has 0 aliphatic carbocycles. The van der Waals surface area contributed by atoms with Crippen molar-refractivity contribution in [3.8, 4) is 16.9 Å². The molecule has 0 spiro atoms. The number of carbonyl (C=O) groups is 1. The molecule has 0 bridgehead atoms.